The lowest BCUT2D eigenvalue weighted by molar-refractivity contribution is -0.108. The fraction of sp³-hybridized carbons (Fsp3) is 0.533. The van der Waals surface area contributed by atoms with Crippen LogP contribution in [-0.2, 0) is 20.0 Å². The number of benzene rings is 1. The first-order valence-corrected chi connectivity index (χ1v) is 8.43. The Balaban J connectivity index is 2.95. The summed E-state index contributed by atoms with van der Waals surface area (Å²) in [5, 5.41) is 0. The predicted molar refractivity (Wildman–Crippen MR) is 78.3 cm³/mol. The van der Waals surface area contributed by atoms with Gasteiger partial charge in [-0.2, -0.15) is 0 Å². The molecular formula is C15H22O3S. The SMILES string of the molecule is CC(CC=O)c1ccc(C(C)(C)CS(C)(=O)=O)cc1. The zero-order valence-electron chi connectivity index (χ0n) is 12.0. The Morgan fingerprint density at radius 1 is 1.21 bits per heavy atom. The minimum atomic E-state index is -3.01. The third kappa shape index (κ3) is 4.78. The van der Waals surface area contributed by atoms with Gasteiger partial charge in [-0.1, -0.05) is 45.0 Å². The largest absolute Gasteiger partial charge is 0.303 e. The van der Waals surface area contributed by atoms with Crippen molar-refractivity contribution in [3.8, 4) is 0 Å². The molecule has 4 heteroatoms. The lowest BCUT2D eigenvalue weighted by Gasteiger charge is -2.24. The molecular weight excluding hydrogens is 260 g/mol. The van der Waals surface area contributed by atoms with Crippen molar-refractivity contribution >= 4 is 16.1 Å². The first-order valence-electron chi connectivity index (χ1n) is 6.37. The fourth-order valence-electron chi connectivity index (χ4n) is 2.28. The molecule has 3 nitrogen and oxygen atoms in total. The van der Waals surface area contributed by atoms with Gasteiger partial charge in [0.2, 0.25) is 0 Å². The highest BCUT2D eigenvalue weighted by Gasteiger charge is 2.25. The normalized spacial score (nSPS) is 14.1. The van der Waals surface area contributed by atoms with Gasteiger partial charge in [-0.25, -0.2) is 8.42 Å². The highest BCUT2D eigenvalue weighted by molar-refractivity contribution is 7.90. The molecule has 0 saturated heterocycles. The summed E-state index contributed by atoms with van der Waals surface area (Å²) in [7, 11) is -3.01. The molecule has 0 aliphatic rings. The lowest BCUT2D eigenvalue weighted by Crippen LogP contribution is -2.27. The minimum Gasteiger partial charge on any atom is -0.303 e. The van der Waals surface area contributed by atoms with Crippen molar-refractivity contribution < 1.29 is 13.2 Å². The third-order valence-corrected chi connectivity index (χ3v) is 4.58. The maximum absolute atomic E-state index is 11.4. The summed E-state index contributed by atoms with van der Waals surface area (Å²) in [4.78, 5) is 10.5. The van der Waals surface area contributed by atoms with Gasteiger partial charge in [0, 0.05) is 18.1 Å². The Labute approximate surface area is 116 Å². The van der Waals surface area contributed by atoms with E-state index in [1.165, 1.54) is 6.26 Å². The van der Waals surface area contributed by atoms with Crippen molar-refractivity contribution in [3.05, 3.63) is 35.4 Å². The van der Waals surface area contributed by atoms with Crippen LogP contribution >= 0.6 is 0 Å². The topological polar surface area (TPSA) is 51.2 Å². The van der Waals surface area contributed by atoms with Crippen molar-refractivity contribution in [3.63, 3.8) is 0 Å². The van der Waals surface area contributed by atoms with E-state index >= 15 is 0 Å². The average molecular weight is 282 g/mol. The Hall–Kier alpha value is -1.16. The number of carbonyl (C=O) groups excluding carboxylic acids is 1. The van der Waals surface area contributed by atoms with Gasteiger partial charge in [0.15, 0.2) is 0 Å². The molecule has 1 rings (SSSR count). The van der Waals surface area contributed by atoms with Gasteiger partial charge in [0.05, 0.1) is 5.75 Å². The van der Waals surface area contributed by atoms with Gasteiger partial charge in [0.1, 0.15) is 16.1 Å². The molecule has 1 atom stereocenters. The summed E-state index contributed by atoms with van der Waals surface area (Å²) >= 11 is 0. The van der Waals surface area contributed by atoms with Crippen molar-refractivity contribution in [1.82, 2.24) is 0 Å². The minimum absolute atomic E-state index is 0.128. The number of carbonyl (C=O) groups is 1. The zero-order chi connectivity index (χ0) is 14.7. The van der Waals surface area contributed by atoms with Crippen LogP contribution in [-0.4, -0.2) is 26.7 Å². The lowest BCUT2D eigenvalue weighted by atomic mass is 9.85. The van der Waals surface area contributed by atoms with E-state index in [0.29, 0.717) is 6.42 Å². The van der Waals surface area contributed by atoms with Crippen LogP contribution in [0.1, 0.15) is 44.2 Å². The maximum atomic E-state index is 11.4. The number of sulfone groups is 1. The van der Waals surface area contributed by atoms with E-state index in [1.54, 1.807) is 0 Å². The van der Waals surface area contributed by atoms with Crippen LogP contribution in [0.25, 0.3) is 0 Å². The van der Waals surface area contributed by atoms with E-state index in [-0.39, 0.29) is 11.7 Å². The summed E-state index contributed by atoms with van der Waals surface area (Å²) in [6.45, 7) is 5.86. The van der Waals surface area contributed by atoms with Gasteiger partial charge in [-0.3, -0.25) is 0 Å². The molecule has 1 aromatic rings. The van der Waals surface area contributed by atoms with Crippen LogP contribution in [0.15, 0.2) is 24.3 Å². The standard InChI is InChI=1S/C15H22O3S/c1-12(9-10-16)13-5-7-14(8-6-13)15(2,3)11-19(4,17)18/h5-8,10,12H,9,11H2,1-4H3. The molecule has 0 saturated carbocycles. The predicted octanol–water partition coefficient (Wildman–Crippen LogP) is 2.70. The Bertz CT molecular complexity index is 527. The summed E-state index contributed by atoms with van der Waals surface area (Å²) in [5.74, 6) is 0.327. The number of hydrogen-bond acceptors (Lipinski definition) is 3. The van der Waals surface area contributed by atoms with Crippen LogP contribution in [0.3, 0.4) is 0 Å². The van der Waals surface area contributed by atoms with E-state index in [1.807, 2.05) is 45.0 Å². The molecule has 1 unspecified atom stereocenters. The van der Waals surface area contributed by atoms with E-state index in [9.17, 15) is 13.2 Å². The molecule has 0 spiro atoms. The molecule has 0 aliphatic heterocycles. The van der Waals surface area contributed by atoms with Gasteiger partial charge in [-0.15, -0.1) is 0 Å². The van der Waals surface area contributed by atoms with Crippen molar-refractivity contribution in [2.24, 2.45) is 0 Å². The average Bonchev–Trinajstić information content (AvgIpc) is 2.26. The van der Waals surface area contributed by atoms with Gasteiger partial charge >= 0.3 is 0 Å². The van der Waals surface area contributed by atoms with Crippen molar-refractivity contribution in [2.75, 3.05) is 12.0 Å². The van der Waals surface area contributed by atoms with E-state index in [4.69, 9.17) is 0 Å². The maximum Gasteiger partial charge on any atom is 0.148 e. The number of hydrogen-bond donors (Lipinski definition) is 0. The molecule has 0 bridgehead atoms. The third-order valence-electron chi connectivity index (χ3n) is 3.33. The summed E-state index contributed by atoms with van der Waals surface area (Å²) < 4.78 is 22.9. The summed E-state index contributed by atoms with van der Waals surface area (Å²) in [6.07, 6.45) is 2.69. The van der Waals surface area contributed by atoms with Gasteiger partial charge < -0.3 is 4.79 Å². The highest BCUT2D eigenvalue weighted by atomic mass is 32.2. The van der Waals surface area contributed by atoms with Crippen molar-refractivity contribution in [2.45, 2.75) is 38.5 Å². The second kappa shape index (κ2) is 5.87. The second-order valence-electron chi connectivity index (χ2n) is 5.88. The van der Waals surface area contributed by atoms with Crippen LogP contribution in [0.4, 0.5) is 0 Å². The first kappa shape index (κ1) is 15.9. The second-order valence-corrected chi connectivity index (χ2v) is 8.02. The molecule has 0 aliphatic carbocycles. The van der Waals surface area contributed by atoms with Crippen LogP contribution in [0.2, 0.25) is 0 Å². The smallest absolute Gasteiger partial charge is 0.148 e. The molecule has 0 amide bonds. The van der Waals surface area contributed by atoms with Gasteiger partial charge in [-0.05, 0) is 17.0 Å². The number of rotatable bonds is 6. The first-order chi connectivity index (χ1) is 8.65. The molecule has 0 aromatic heterocycles. The van der Waals surface area contributed by atoms with Crippen LogP contribution < -0.4 is 0 Å². The molecule has 1 aromatic carbocycles. The fourth-order valence-corrected chi connectivity index (χ4v) is 3.76. The monoisotopic (exact) mass is 282 g/mol. The molecule has 0 radical (unpaired) electrons. The Morgan fingerprint density at radius 2 is 1.74 bits per heavy atom. The van der Waals surface area contributed by atoms with Crippen LogP contribution in [0.5, 0.6) is 0 Å². The van der Waals surface area contributed by atoms with Crippen molar-refractivity contribution in [1.29, 1.82) is 0 Å². The molecule has 19 heavy (non-hydrogen) atoms. The number of aldehydes is 1. The zero-order valence-corrected chi connectivity index (χ0v) is 12.8. The molecule has 0 heterocycles. The van der Waals surface area contributed by atoms with Crippen LogP contribution in [0, 0.1) is 0 Å². The molecule has 106 valence electrons. The summed E-state index contributed by atoms with van der Waals surface area (Å²) in [6, 6.07) is 7.88. The molecule has 0 fully saturated rings. The Kier molecular flexibility index (Phi) is 4.91. The van der Waals surface area contributed by atoms with E-state index in [0.717, 1.165) is 17.4 Å². The summed E-state index contributed by atoms with van der Waals surface area (Å²) in [5.41, 5.74) is 1.70. The van der Waals surface area contributed by atoms with Gasteiger partial charge in [0.25, 0.3) is 0 Å². The quantitative estimate of drug-likeness (QED) is 0.754. The Morgan fingerprint density at radius 3 is 2.16 bits per heavy atom. The van der Waals surface area contributed by atoms with E-state index in [2.05, 4.69) is 0 Å². The van der Waals surface area contributed by atoms with E-state index < -0.39 is 15.3 Å². The highest BCUT2D eigenvalue weighted by Crippen LogP contribution is 2.27. The molecule has 0 N–H and O–H groups in total.